The summed E-state index contributed by atoms with van der Waals surface area (Å²) in [5.41, 5.74) is 6.47. The Morgan fingerprint density at radius 2 is 2.00 bits per heavy atom. The van der Waals surface area contributed by atoms with Gasteiger partial charge < -0.3 is 13.9 Å². The fourth-order valence-electron chi connectivity index (χ4n) is 3.44. The lowest BCUT2D eigenvalue weighted by atomic mass is 10.1. The third-order valence-electron chi connectivity index (χ3n) is 5.33. The van der Waals surface area contributed by atoms with Crippen LogP contribution in [-0.4, -0.2) is 31.6 Å². The molecule has 0 fully saturated rings. The molecule has 0 saturated carbocycles. The molecule has 2 N–H and O–H groups in total. The molecule has 34 heavy (non-hydrogen) atoms. The number of fused-ring (bicyclic) bond motifs is 1. The Bertz CT molecular complexity index is 1400. The van der Waals surface area contributed by atoms with E-state index in [4.69, 9.17) is 4.74 Å². The number of nitrogens with one attached hydrogen (secondary N) is 2. The number of aromatic nitrogens is 4. The highest BCUT2D eigenvalue weighted by Crippen LogP contribution is 2.22. The highest BCUT2D eigenvalue weighted by atomic mass is 19.1. The number of carbonyl (C=O) groups is 1. The second-order valence-corrected chi connectivity index (χ2v) is 7.89. The monoisotopic (exact) mass is 464 g/mol. The maximum Gasteiger partial charge on any atom is 0.261 e. The zero-order chi connectivity index (χ0) is 24.2. The Kier molecular flexibility index (Phi) is 6.58. The number of anilines is 1. The van der Waals surface area contributed by atoms with Gasteiger partial charge in [0.25, 0.3) is 11.5 Å². The molecule has 176 valence electrons. The van der Waals surface area contributed by atoms with Gasteiger partial charge in [-0.1, -0.05) is 6.92 Å². The van der Waals surface area contributed by atoms with Gasteiger partial charge in [-0.2, -0.15) is 0 Å². The minimum Gasteiger partial charge on any atom is -0.492 e. The van der Waals surface area contributed by atoms with E-state index in [0.717, 1.165) is 12.0 Å². The van der Waals surface area contributed by atoms with Crippen LogP contribution in [0.3, 0.4) is 0 Å². The van der Waals surface area contributed by atoms with E-state index in [1.807, 2.05) is 37.0 Å². The van der Waals surface area contributed by atoms with E-state index >= 15 is 0 Å². The first-order valence-electron chi connectivity index (χ1n) is 10.8. The summed E-state index contributed by atoms with van der Waals surface area (Å²) in [5, 5.41) is 0.341. The fourth-order valence-corrected chi connectivity index (χ4v) is 3.44. The van der Waals surface area contributed by atoms with Crippen LogP contribution in [0.25, 0.3) is 22.0 Å². The van der Waals surface area contributed by atoms with Crippen molar-refractivity contribution in [1.29, 1.82) is 0 Å². The van der Waals surface area contributed by atoms with E-state index in [2.05, 4.69) is 20.8 Å². The molecule has 4 rings (SSSR count). The van der Waals surface area contributed by atoms with Crippen LogP contribution >= 0.6 is 0 Å². The first kappa shape index (κ1) is 23.0. The topological polar surface area (TPSA) is 103 Å². The number of halogens is 1. The first-order valence-corrected chi connectivity index (χ1v) is 10.8. The Morgan fingerprint density at radius 3 is 2.71 bits per heavy atom. The van der Waals surface area contributed by atoms with Gasteiger partial charge in [0.1, 0.15) is 11.8 Å². The molecular formula is C24H25FN6O3. The largest absolute Gasteiger partial charge is 0.492 e. The average Bonchev–Trinajstić information content (AvgIpc) is 3.28. The molecule has 0 saturated heterocycles. The number of carbonyl (C=O) groups excluding carboxylic acids is 1. The van der Waals surface area contributed by atoms with E-state index in [0.29, 0.717) is 28.8 Å². The van der Waals surface area contributed by atoms with Crippen LogP contribution in [0.2, 0.25) is 0 Å². The van der Waals surface area contributed by atoms with Gasteiger partial charge in [-0.05, 0) is 37.6 Å². The van der Waals surface area contributed by atoms with Crippen LogP contribution in [-0.2, 0) is 11.8 Å². The van der Waals surface area contributed by atoms with Crippen LogP contribution in [0.15, 0.2) is 60.0 Å². The zero-order valence-corrected chi connectivity index (χ0v) is 19.1. The highest BCUT2D eigenvalue weighted by Gasteiger charge is 2.18. The predicted octanol–water partition coefficient (Wildman–Crippen LogP) is 3.43. The van der Waals surface area contributed by atoms with Gasteiger partial charge in [-0.15, -0.1) is 0 Å². The van der Waals surface area contributed by atoms with Gasteiger partial charge in [-0.25, -0.2) is 9.37 Å². The molecule has 4 aromatic heterocycles. The van der Waals surface area contributed by atoms with Crippen molar-refractivity contribution in [3.05, 3.63) is 71.4 Å². The van der Waals surface area contributed by atoms with E-state index in [1.165, 1.54) is 23.0 Å². The summed E-state index contributed by atoms with van der Waals surface area (Å²) in [4.78, 5) is 34.0. The summed E-state index contributed by atoms with van der Waals surface area (Å²) < 4.78 is 23.2. The quantitative estimate of drug-likeness (QED) is 0.387. The summed E-state index contributed by atoms with van der Waals surface area (Å²) >= 11 is 0. The van der Waals surface area contributed by atoms with Gasteiger partial charge in [0.05, 0.1) is 23.7 Å². The standard InChI is InChI=1S/C24H25FN6O3/c1-4-9-34-18-11-19-21(26-13-18)6-8-31(24(19)33)15(2)23(32)29-28-22-20(25)10-17(12-27-22)16-5-7-30(3)14-16/h5-8,10-15H,4,9H2,1-3H3,(H,27,28)(H,29,32)/t15-/m1/s1. The minimum atomic E-state index is -0.878. The molecule has 1 atom stereocenters. The molecule has 0 aliphatic heterocycles. The van der Waals surface area contributed by atoms with Gasteiger partial charge in [0, 0.05) is 43.0 Å². The van der Waals surface area contributed by atoms with Crippen molar-refractivity contribution in [2.75, 3.05) is 12.0 Å². The maximum absolute atomic E-state index is 14.5. The normalized spacial score (nSPS) is 11.9. The van der Waals surface area contributed by atoms with E-state index in [9.17, 15) is 14.0 Å². The number of rotatable bonds is 8. The second kappa shape index (κ2) is 9.74. The smallest absolute Gasteiger partial charge is 0.261 e. The van der Waals surface area contributed by atoms with E-state index < -0.39 is 17.8 Å². The summed E-state index contributed by atoms with van der Waals surface area (Å²) in [6, 6.07) is 5.58. The summed E-state index contributed by atoms with van der Waals surface area (Å²) in [6.45, 7) is 4.06. The number of hydrogen-bond donors (Lipinski definition) is 2. The molecule has 0 aliphatic carbocycles. The molecule has 0 aromatic carbocycles. The molecule has 10 heteroatoms. The van der Waals surface area contributed by atoms with Crippen molar-refractivity contribution in [3.8, 4) is 16.9 Å². The van der Waals surface area contributed by atoms with Crippen molar-refractivity contribution in [2.24, 2.45) is 7.05 Å². The lowest BCUT2D eigenvalue weighted by molar-refractivity contribution is -0.123. The number of hydrogen-bond acceptors (Lipinski definition) is 6. The number of nitrogens with zero attached hydrogens (tertiary/aromatic N) is 4. The second-order valence-electron chi connectivity index (χ2n) is 7.89. The lowest BCUT2D eigenvalue weighted by Crippen LogP contribution is -2.38. The van der Waals surface area contributed by atoms with Crippen LogP contribution in [0.5, 0.6) is 5.75 Å². The van der Waals surface area contributed by atoms with Crippen molar-refractivity contribution >= 4 is 22.6 Å². The average molecular weight is 465 g/mol. The minimum absolute atomic E-state index is 0.131. The zero-order valence-electron chi connectivity index (χ0n) is 19.1. The molecule has 0 radical (unpaired) electrons. The number of aryl methyl sites for hydroxylation is 1. The molecule has 4 aromatic rings. The molecule has 0 spiro atoms. The number of amides is 1. The number of ether oxygens (including phenoxy) is 1. The SMILES string of the molecule is CCCOc1cnc2ccn([C@H](C)C(=O)NNc3ncc(-c4ccn(C)c4)cc3F)c(=O)c2c1. The van der Waals surface area contributed by atoms with Crippen LogP contribution in [0.1, 0.15) is 26.3 Å². The van der Waals surface area contributed by atoms with Gasteiger partial charge >= 0.3 is 0 Å². The van der Waals surface area contributed by atoms with Gasteiger partial charge in [0.15, 0.2) is 11.6 Å². The lowest BCUT2D eigenvalue weighted by Gasteiger charge is -2.17. The van der Waals surface area contributed by atoms with Crippen LogP contribution in [0.4, 0.5) is 10.2 Å². The summed E-state index contributed by atoms with van der Waals surface area (Å²) in [7, 11) is 1.87. The molecule has 1 amide bonds. The maximum atomic E-state index is 14.5. The molecule has 4 heterocycles. The Morgan fingerprint density at radius 1 is 1.18 bits per heavy atom. The Hall–Kier alpha value is -4.21. The predicted molar refractivity (Wildman–Crippen MR) is 127 cm³/mol. The highest BCUT2D eigenvalue weighted by molar-refractivity contribution is 5.83. The number of hydrazine groups is 1. The number of pyridine rings is 3. The van der Waals surface area contributed by atoms with Crippen LogP contribution in [0, 0.1) is 5.82 Å². The van der Waals surface area contributed by atoms with E-state index in [1.54, 1.807) is 25.3 Å². The van der Waals surface area contributed by atoms with Crippen molar-refractivity contribution in [1.82, 2.24) is 24.5 Å². The third-order valence-corrected chi connectivity index (χ3v) is 5.33. The molecule has 0 bridgehead atoms. The van der Waals surface area contributed by atoms with Crippen molar-refractivity contribution in [2.45, 2.75) is 26.3 Å². The van der Waals surface area contributed by atoms with Crippen LogP contribution < -0.4 is 21.1 Å². The molecule has 9 nitrogen and oxygen atoms in total. The molecular weight excluding hydrogens is 439 g/mol. The summed E-state index contributed by atoms with van der Waals surface area (Å²) in [6.07, 6.45) is 9.10. The Balaban J connectivity index is 1.48. The molecule has 0 unspecified atom stereocenters. The first-order chi connectivity index (χ1) is 16.4. The molecule has 0 aliphatic rings. The summed E-state index contributed by atoms with van der Waals surface area (Å²) in [5.74, 6) is -0.805. The van der Waals surface area contributed by atoms with E-state index in [-0.39, 0.29) is 11.4 Å². The Labute approximate surface area is 195 Å². The van der Waals surface area contributed by atoms with Gasteiger partial charge in [0.2, 0.25) is 0 Å². The third kappa shape index (κ3) is 4.75. The van der Waals surface area contributed by atoms with Gasteiger partial charge in [-0.3, -0.25) is 25.4 Å². The fraction of sp³-hybridized carbons (Fsp3) is 0.250. The van der Waals surface area contributed by atoms with Crippen molar-refractivity contribution < 1.29 is 13.9 Å². The van der Waals surface area contributed by atoms with Crippen molar-refractivity contribution in [3.63, 3.8) is 0 Å².